The van der Waals surface area contributed by atoms with Crippen LogP contribution >= 0.6 is 0 Å². The first-order valence-corrected chi connectivity index (χ1v) is 13.8. The molecule has 1 aromatic carbocycles. The molecule has 36 heavy (non-hydrogen) atoms. The molecule has 10 nitrogen and oxygen atoms in total. The van der Waals surface area contributed by atoms with Crippen molar-refractivity contribution in [1.29, 1.82) is 0 Å². The van der Waals surface area contributed by atoms with Gasteiger partial charge < -0.3 is 14.8 Å². The lowest BCUT2D eigenvalue weighted by molar-refractivity contribution is 0.237. The van der Waals surface area contributed by atoms with Gasteiger partial charge in [0.2, 0.25) is 15.0 Å². The Bertz CT molecular complexity index is 1550. The topological polar surface area (TPSA) is 111 Å². The number of rotatable bonds is 7. The minimum absolute atomic E-state index is 0.0139. The highest BCUT2D eigenvalue weighted by Crippen LogP contribution is 2.16. The van der Waals surface area contributed by atoms with Crippen LogP contribution in [0.2, 0.25) is 0 Å². The van der Waals surface area contributed by atoms with E-state index in [1.165, 1.54) is 49.4 Å². The number of piperidine rings is 1. The van der Waals surface area contributed by atoms with Gasteiger partial charge in [0.15, 0.2) is 11.2 Å². The quantitative estimate of drug-likeness (QED) is 0.473. The number of fused-ring (bicyclic) bond motifs is 1. The van der Waals surface area contributed by atoms with Crippen molar-refractivity contribution in [1.82, 2.24) is 23.6 Å². The largest absolute Gasteiger partial charge is 0.384 e. The minimum atomic E-state index is -3.69. The summed E-state index contributed by atoms with van der Waals surface area (Å²) in [6.07, 6.45) is 3.86. The van der Waals surface area contributed by atoms with Gasteiger partial charge in [0, 0.05) is 38.4 Å². The second kappa shape index (κ2) is 10.7. The van der Waals surface area contributed by atoms with Crippen LogP contribution in [0.1, 0.15) is 31.7 Å². The standard InChI is InChI=1S/C25H32N6O4S/c1-4-36(34,35)24-27-22-21(28(24)2)23(32)29(3)25(33)31(22)16-9-11-19-10-8-12-20(18-19)26-13-17-30-14-6-5-7-15-30/h8,10,12,18,26H,4-7,13-17H2,1-3H3. The van der Waals surface area contributed by atoms with E-state index in [0.717, 1.165) is 42.0 Å². The molecule has 3 aromatic rings. The van der Waals surface area contributed by atoms with E-state index in [1.54, 1.807) is 0 Å². The molecule has 1 saturated heterocycles. The van der Waals surface area contributed by atoms with Gasteiger partial charge in [0.1, 0.15) is 0 Å². The summed E-state index contributed by atoms with van der Waals surface area (Å²) in [5.41, 5.74) is 0.608. The molecule has 11 heteroatoms. The molecule has 0 spiro atoms. The van der Waals surface area contributed by atoms with Crippen molar-refractivity contribution in [2.24, 2.45) is 14.1 Å². The van der Waals surface area contributed by atoms with Crippen LogP contribution in [0.25, 0.3) is 11.2 Å². The Balaban J connectivity index is 1.56. The van der Waals surface area contributed by atoms with Gasteiger partial charge >= 0.3 is 5.69 Å². The second-order valence-electron chi connectivity index (χ2n) is 8.97. The lowest BCUT2D eigenvalue weighted by Crippen LogP contribution is -2.38. The molecular weight excluding hydrogens is 480 g/mol. The fourth-order valence-electron chi connectivity index (χ4n) is 4.43. The van der Waals surface area contributed by atoms with Crippen molar-refractivity contribution < 1.29 is 8.42 Å². The molecule has 0 atom stereocenters. The van der Waals surface area contributed by atoms with Gasteiger partial charge in [0.25, 0.3) is 5.56 Å². The maximum Gasteiger partial charge on any atom is 0.333 e. The van der Waals surface area contributed by atoms with Crippen LogP contribution in [0.15, 0.2) is 39.0 Å². The van der Waals surface area contributed by atoms with E-state index in [-0.39, 0.29) is 28.6 Å². The first-order chi connectivity index (χ1) is 17.2. The zero-order chi connectivity index (χ0) is 25.9. The first-order valence-electron chi connectivity index (χ1n) is 12.2. The number of aromatic nitrogens is 4. The normalized spacial score (nSPS) is 14.5. The number of benzene rings is 1. The zero-order valence-electron chi connectivity index (χ0n) is 21.0. The number of nitrogens with one attached hydrogen (secondary N) is 1. The van der Waals surface area contributed by atoms with Gasteiger partial charge in [-0.1, -0.05) is 31.3 Å². The van der Waals surface area contributed by atoms with Crippen molar-refractivity contribution in [3.05, 3.63) is 50.7 Å². The van der Waals surface area contributed by atoms with Gasteiger partial charge in [-0.05, 0) is 44.1 Å². The van der Waals surface area contributed by atoms with Crippen LogP contribution in [-0.4, -0.2) is 63.9 Å². The van der Waals surface area contributed by atoms with Gasteiger partial charge in [0.05, 0.1) is 12.3 Å². The fraction of sp³-hybridized carbons (Fsp3) is 0.480. The lowest BCUT2D eigenvalue weighted by Gasteiger charge is -2.26. The van der Waals surface area contributed by atoms with Crippen molar-refractivity contribution >= 4 is 26.7 Å². The molecule has 0 bridgehead atoms. The van der Waals surface area contributed by atoms with Crippen molar-refractivity contribution in [2.45, 2.75) is 37.9 Å². The van der Waals surface area contributed by atoms with Crippen molar-refractivity contribution in [3.63, 3.8) is 0 Å². The Morgan fingerprint density at radius 2 is 1.83 bits per heavy atom. The minimum Gasteiger partial charge on any atom is -0.384 e. The molecule has 192 valence electrons. The number of likely N-dealkylation sites (tertiary alicyclic amines) is 1. The highest BCUT2D eigenvalue weighted by atomic mass is 32.2. The van der Waals surface area contributed by atoms with E-state index in [0.29, 0.717) is 0 Å². The van der Waals surface area contributed by atoms with E-state index in [1.807, 2.05) is 24.3 Å². The fourth-order valence-corrected chi connectivity index (χ4v) is 5.42. The Labute approximate surface area is 210 Å². The molecule has 4 rings (SSSR count). The molecular formula is C25H32N6O4S. The van der Waals surface area contributed by atoms with Crippen molar-refractivity contribution in [2.75, 3.05) is 37.2 Å². The summed E-state index contributed by atoms with van der Waals surface area (Å²) in [5.74, 6) is 5.87. The summed E-state index contributed by atoms with van der Waals surface area (Å²) in [5, 5.41) is 3.20. The third-order valence-corrected chi connectivity index (χ3v) is 8.19. The molecule has 0 amide bonds. The summed E-state index contributed by atoms with van der Waals surface area (Å²) in [6, 6.07) is 7.75. The SMILES string of the molecule is CCS(=O)(=O)c1nc2c(c(=O)n(C)c(=O)n2CC#Cc2cccc(NCCN3CCCCC3)c2)n1C. The number of anilines is 1. The Morgan fingerprint density at radius 3 is 2.56 bits per heavy atom. The predicted octanol–water partition coefficient (Wildman–Crippen LogP) is 1.18. The summed E-state index contributed by atoms with van der Waals surface area (Å²) in [6.45, 7) is 5.63. The average Bonchev–Trinajstić information content (AvgIpc) is 3.23. The van der Waals surface area contributed by atoms with E-state index in [9.17, 15) is 18.0 Å². The van der Waals surface area contributed by atoms with Crippen LogP contribution in [0.4, 0.5) is 5.69 Å². The number of imidazole rings is 1. The third kappa shape index (κ3) is 5.24. The molecule has 0 saturated carbocycles. The molecule has 1 aliphatic heterocycles. The Kier molecular flexibility index (Phi) is 7.66. The van der Waals surface area contributed by atoms with Crippen LogP contribution in [-0.2, 0) is 30.5 Å². The number of nitrogens with zero attached hydrogens (tertiary/aromatic N) is 5. The summed E-state index contributed by atoms with van der Waals surface area (Å²) in [4.78, 5) is 32.2. The van der Waals surface area contributed by atoms with Gasteiger partial charge in [-0.15, -0.1) is 0 Å². The zero-order valence-corrected chi connectivity index (χ0v) is 21.8. The number of sulfone groups is 1. The van der Waals surface area contributed by atoms with Gasteiger partial charge in [-0.3, -0.25) is 13.9 Å². The Morgan fingerprint density at radius 1 is 1.08 bits per heavy atom. The number of hydrogen-bond acceptors (Lipinski definition) is 7. The van der Waals surface area contributed by atoms with E-state index < -0.39 is 21.1 Å². The third-order valence-electron chi connectivity index (χ3n) is 6.51. The average molecular weight is 513 g/mol. The monoisotopic (exact) mass is 512 g/mol. The van der Waals surface area contributed by atoms with E-state index in [4.69, 9.17) is 0 Å². The Hall–Kier alpha value is -3.36. The van der Waals surface area contributed by atoms with E-state index >= 15 is 0 Å². The van der Waals surface area contributed by atoms with Gasteiger partial charge in [-0.2, -0.15) is 4.98 Å². The molecule has 2 aromatic heterocycles. The summed E-state index contributed by atoms with van der Waals surface area (Å²) in [7, 11) is -0.874. The van der Waals surface area contributed by atoms with E-state index in [2.05, 4.69) is 27.0 Å². The lowest BCUT2D eigenvalue weighted by atomic mass is 10.1. The predicted molar refractivity (Wildman–Crippen MR) is 140 cm³/mol. The van der Waals surface area contributed by atoms with Gasteiger partial charge in [-0.25, -0.2) is 13.2 Å². The second-order valence-corrected chi connectivity index (χ2v) is 11.1. The number of hydrogen-bond donors (Lipinski definition) is 1. The molecule has 0 unspecified atom stereocenters. The maximum atomic E-state index is 12.8. The molecule has 0 radical (unpaired) electrons. The highest BCUT2D eigenvalue weighted by molar-refractivity contribution is 7.91. The van der Waals surface area contributed by atoms with Crippen LogP contribution < -0.4 is 16.6 Å². The summed E-state index contributed by atoms with van der Waals surface area (Å²) < 4.78 is 28.3. The highest BCUT2D eigenvalue weighted by Gasteiger charge is 2.25. The summed E-state index contributed by atoms with van der Waals surface area (Å²) >= 11 is 0. The van der Waals surface area contributed by atoms with Crippen LogP contribution in [0.3, 0.4) is 0 Å². The van der Waals surface area contributed by atoms with Crippen molar-refractivity contribution in [3.8, 4) is 11.8 Å². The van der Waals surface area contributed by atoms with Crippen LogP contribution in [0, 0.1) is 11.8 Å². The number of aryl methyl sites for hydroxylation is 1. The first kappa shape index (κ1) is 25.7. The maximum absolute atomic E-state index is 12.8. The molecule has 1 fully saturated rings. The van der Waals surface area contributed by atoms with Crippen LogP contribution in [0.5, 0.6) is 0 Å². The molecule has 3 heterocycles. The smallest absolute Gasteiger partial charge is 0.333 e. The molecule has 1 aliphatic rings. The molecule has 1 N–H and O–H groups in total. The molecule has 0 aliphatic carbocycles.